The molecule has 0 saturated carbocycles. The number of rotatable bonds is 4. The predicted molar refractivity (Wildman–Crippen MR) is 82.1 cm³/mol. The van der Waals surface area contributed by atoms with Gasteiger partial charge in [0.2, 0.25) is 0 Å². The lowest BCUT2D eigenvalue weighted by atomic mass is 10.2. The third kappa shape index (κ3) is 4.25. The second-order valence-electron chi connectivity index (χ2n) is 4.69. The fourth-order valence-corrected chi connectivity index (χ4v) is 1.86. The summed E-state index contributed by atoms with van der Waals surface area (Å²) >= 11 is 0. The lowest BCUT2D eigenvalue weighted by Gasteiger charge is -2.13. The van der Waals surface area contributed by atoms with Crippen molar-refractivity contribution < 1.29 is 27.5 Å². The van der Waals surface area contributed by atoms with Gasteiger partial charge in [0.15, 0.2) is 0 Å². The van der Waals surface area contributed by atoms with E-state index in [1.165, 1.54) is 25.3 Å². The van der Waals surface area contributed by atoms with Gasteiger partial charge in [-0.15, -0.1) is 0 Å². The van der Waals surface area contributed by atoms with E-state index in [4.69, 9.17) is 4.74 Å². The van der Waals surface area contributed by atoms with E-state index in [0.717, 1.165) is 0 Å². The molecule has 5 nitrogen and oxygen atoms in total. The van der Waals surface area contributed by atoms with Gasteiger partial charge in [-0.3, -0.25) is 9.59 Å². The summed E-state index contributed by atoms with van der Waals surface area (Å²) in [5.74, 6) is -2.51. The van der Waals surface area contributed by atoms with Crippen molar-refractivity contribution in [1.82, 2.24) is 0 Å². The maximum atomic E-state index is 12.3. The van der Waals surface area contributed by atoms with Gasteiger partial charge in [-0.05, 0) is 24.3 Å². The molecule has 126 valence electrons. The van der Waals surface area contributed by atoms with E-state index in [1.54, 1.807) is 35.6 Å². The van der Waals surface area contributed by atoms with Gasteiger partial charge in [0, 0.05) is 17.3 Å². The Morgan fingerprint density at radius 3 is 2.25 bits per heavy atom. The normalized spacial score (nSPS) is 10.8. The van der Waals surface area contributed by atoms with E-state index >= 15 is 0 Å². The van der Waals surface area contributed by atoms with Crippen LogP contribution in [-0.2, 0) is 4.79 Å². The molecule has 0 spiro atoms. The number of anilines is 2. The van der Waals surface area contributed by atoms with Crippen molar-refractivity contribution in [2.75, 3.05) is 17.7 Å². The average Bonchev–Trinajstić information content (AvgIpc) is 2.56. The summed E-state index contributed by atoms with van der Waals surface area (Å²) in [6.07, 6.45) is -5.01. The number of amides is 2. The number of halogens is 3. The van der Waals surface area contributed by atoms with E-state index in [1.807, 2.05) is 0 Å². The van der Waals surface area contributed by atoms with Crippen molar-refractivity contribution in [2.24, 2.45) is 0 Å². The van der Waals surface area contributed by atoms with Crippen LogP contribution in [-0.4, -0.2) is 25.1 Å². The number of methoxy groups -OCH3 is 1. The standard InChI is InChI=1S/C16H13F3N2O3/c1-24-13-9-11(20-14(22)10-5-3-2-4-6-10)7-8-12(13)21-15(23)16(17,18)19/h2-9H,1H3,(H,20,22)(H,21,23). The summed E-state index contributed by atoms with van der Waals surface area (Å²) in [6.45, 7) is 0. The molecule has 0 bridgehead atoms. The van der Waals surface area contributed by atoms with Crippen molar-refractivity contribution in [3.05, 3.63) is 54.1 Å². The van der Waals surface area contributed by atoms with Gasteiger partial charge in [0.25, 0.3) is 5.91 Å². The Morgan fingerprint density at radius 1 is 1.00 bits per heavy atom. The molecular weight excluding hydrogens is 325 g/mol. The summed E-state index contributed by atoms with van der Waals surface area (Å²) in [5.41, 5.74) is 0.578. The zero-order chi connectivity index (χ0) is 17.7. The third-order valence-corrected chi connectivity index (χ3v) is 3.00. The molecule has 2 aromatic rings. The van der Waals surface area contributed by atoms with Crippen molar-refractivity contribution in [3.8, 4) is 5.75 Å². The van der Waals surface area contributed by atoms with Gasteiger partial charge in [0.1, 0.15) is 5.75 Å². The first-order valence-corrected chi connectivity index (χ1v) is 6.74. The SMILES string of the molecule is COc1cc(NC(=O)c2ccccc2)ccc1NC(=O)C(F)(F)F. The quantitative estimate of drug-likeness (QED) is 0.897. The minimum absolute atomic E-state index is 0.0153. The zero-order valence-corrected chi connectivity index (χ0v) is 12.5. The Bertz CT molecular complexity index is 746. The van der Waals surface area contributed by atoms with Crippen molar-refractivity contribution in [3.63, 3.8) is 0 Å². The van der Waals surface area contributed by atoms with Crippen molar-refractivity contribution >= 4 is 23.2 Å². The van der Waals surface area contributed by atoms with Crippen LogP contribution in [0.15, 0.2) is 48.5 Å². The lowest BCUT2D eigenvalue weighted by Crippen LogP contribution is -2.30. The molecule has 0 atom stereocenters. The highest BCUT2D eigenvalue weighted by Gasteiger charge is 2.39. The lowest BCUT2D eigenvalue weighted by molar-refractivity contribution is -0.167. The van der Waals surface area contributed by atoms with Gasteiger partial charge >= 0.3 is 12.1 Å². The molecule has 0 aromatic heterocycles. The Hall–Kier alpha value is -3.03. The zero-order valence-electron chi connectivity index (χ0n) is 12.5. The molecule has 24 heavy (non-hydrogen) atoms. The smallest absolute Gasteiger partial charge is 0.471 e. The number of hydrogen-bond acceptors (Lipinski definition) is 3. The van der Waals surface area contributed by atoms with Gasteiger partial charge in [-0.25, -0.2) is 0 Å². The molecule has 2 rings (SSSR count). The fourth-order valence-electron chi connectivity index (χ4n) is 1.86. The third-order valence-electron chi connectivity index (χ3n) is 3.00. The first-order chi connectivity index (χ1) is 11.3. The number of benzene rings is 2. The number of carbonyl (C=O) groups excluding carboxylic acids is 2. The Labute approximate surface area is 135 Å². The Morgan fingerprint density at radius 2 is 1.67 bits per heavy atom. The number of alkyl halides is 3. The van der Waals surface area contributed by atoms with Crippen molar-refractivity contribution in [1.29, 1.82) is 0 Å². The first-order valence-electron chi connectivity index (χ1n) is 6.74. The highest BCUT2D eigenvalue weighted by molar-refractivity contribution is 6.04. The molecular formula is C16H13F3N2O3. The monoisotopic (exact) mass is 338 g/mol. The molecule has 0 radical (unpaired) electrons. The van der Waals surface area contributed by atoms with Crippen LogP contribution in [0.4, 0.5) is 24.5 Å². The highest BCUT2D eigenvalue weighted by atomic mass is 19.4. The molecule has 8 heteroatoms. The van der Waals surface area contributed by atoms with E-state index in [-0.39, 0.29) is 17.3 Å². The maximum absolute atomic E-state index is 12.3. The van der Waals surface area contributed by atoms with Gasteiger partial charge in [0.05, 0.1) is 12.8 Å². The van der Waals surface area contributed by atoms with Gasteiger partial charge in [-0.1, -0.05) is 18.2 Å². The first kappa shape index (κ1) is 17.3. The molecule has 2 amide bonds. The van der Waals surface area contributed by atoms with Crippen LogP contribution >= 0.6 is 0 Å². The molecule has 0 fully saturated rings. The number of hydrogen-bond donors (Lipinski definition) is 2. The van der Waals surface area contributed by atoms with Crippen LogP contribution in [0.2, 0.25) is 0 Å². The number of ether oxygens (including phenoxy) is 1. The average molecular weight is 338 g/mol. The van der Waals surface area contributed by atoms with Crippen LogP contribution in [0.25, 0.3) is 0 Å². The highest BCUT2D eigenvalue weighted by Crippen LogP contribution is 2.29. The maximum Gasteiger partial charge on any atom is 0.471 e. The molecule has 0 aliphatic carbocycles. The molecule has 0 aliphatic heterocycles. The minimum Gasteiger partial charge on any atom is -0.494 e. The molecule has 2 aromatic carbocycles. The molecule has 0 unspecified atom stereocenters. The summed E-state index contributed by atoms with van der Waals surface area (Å²) in [5, 5.41) is 4.30. The van der Waals surface area contributed by atoms with E-state index in [0.29, 0.717) is 11.3 Å². The molecule has 0 heterocycles. The minimum atomic E-state index is -5.01. The Balaban J connectivity index is 2.17. The molecule has 0 aliphatic rings. The summed E-state index contributed by atoms with van der Waals surface area (Å²) < 4.78 is 41.9. The predicted octanol–water partition coefficient (Wildman–Crippen LogP) is 3.45. The van der Waals surface area contributed by atoms with Gasteiger partial charge in [-0.2, -0.15) is 13.2 Å². The second-order valence-corrected chi connectivity index (χ2v) is 4.69. The molecule has 0 saturated heterocycles. The largest absolute Gasteiger partial charge is 0.494 e. The fraction of sp³-hybridized carbons (Fsp3) is 0.125. The van der Waals surface area contributed by atoms with E-state index < -0.39 is 12.1 Å². The van der Waals surface area contributed by atoms with E-state index in [9.17, 15) is 22.8 Å². The number of nitrogens with one attached hydrogen (secondary N) is 2. The topological polar surface area (TPSA) is 67.4 Å². The Kier molecular flexibility index (Phi) is 5.08. The van der Waals surface area contributed by atoms with Gasteiger partial charge < -0.3 is 15.4 Å². The summed E-state index contributed by atoms with van der Waals surface area (Å²) in [4.78, 5) is 23.0. The van der Waals surface area contributed by atoms with Crippen molar-refractivity contribution in [2.45, 2.75) is 6.18 Å². The van der Waals surface area contributed by atoms with Crippen LogP contribution in [0.1, 0.15) is 10.4 Å². The van der Waals surface area contributed by atoms with Crippen LogP contribution < -0.4 is 15.4 Å². The second kappa shape index (κ2) is 7.03. The summed E-state index contributed by atoms with van der Waals surface area (Å²) in [6, 6.07) is 12.3. The number of carbonyl (C=O) groups is 2. The van der Waals surface area contributed by atoms with Crippen LogP contribution in [0, 0.1) is 0 Å². The van der Waals surface area contributed by atoms with Crippen LogP contribution in [0.3, 0.4) is 0 Å². The molecule has 2 N–H and O–H groups in total. The summed E-state index contributed by atoms with van der Waals surface area (Å²) in [7, 11) is 1.24. The van der Waals surface area contributed by atoms with Crippen LogP contribution in [0.5, 0.6) is 5.75 Å². The van der Waals surface area contributed by atoms with E-state index in [2.05, 4.69) is 5.32 Å².